The van der Waals surface area contributed by atoms with Crippen LogP contribution in [0.25, 0.3) is 0 Å². The lowest BCUT2D eigenvalue weighted by Gasteiger charge is -2.47. The van der Waals surface area contributed by atoms with Crippen molar-refractivity contribution in [3.63, 3.8) is 0 Å². The van der Waals surface area contributed by atoms with E-state index < -0.39 is 0 Å². The Kier molecular flexibility index (Phi) is 4.36. The summed E-state index contributed by atoms with van der Waals surface area (Å²) in [6.07, 6.45) is 4.05. The fourth-order valence-electron chi connectivity index (χ4n) is 3.70. The second kappa shape index (κ2) is 6.24. The number of piperidine rings is 1. The summed E-state index contributed by atoms with van der Waals surface area (Å²) in [5.41, 5.74) is 1.16. The van der Waals surface area contributed by atoms with E-state index in [4.69, 9.17) is 4.74 Å². The van der Waals surface area contributed by atoms with Crippen molar-refractivity contribution in [3.8, 4) is 11.5 Å². The topological polar surface area (TPSA) is 35.9 Å². The summed E-state index contributed by atoms with van der Waals surface area (Å²) in [7, 11) is 1.58. The van der Waals surface area contributed by atoms with Crippen LogP contribution in [0.15, 0.2) is 18.2 Å². The molecule has 2 unspecified atom stereocenters. The quantitative estimate of drug-likeness (QED) is 0.927. The van der Waals surface area contributed by atoms with E-state index in [1.54, 1.807) is 7.11 Å². The predicted octanol–water partition coefficient (Wildman–Crippen LogP) is 2.46. The monoisotopic (exact) mass is 290 g/mol. The molecule has 3 rings (SSSR count). The molecule has 0 bridgehead atoms. The van der Waals surface area contributed by atoms with Gasteiger partial charge >= 0.3 is 0 Å². The van der Waals surface area contributed by atoms with Crippen LogP contribution in [0.2, 0.25) is 0 Å². The molecule has 4 heteroatoms. The maximum Gasteiger partial charge on any atom is 0.160 e. The first-order valence-corrected chi connectivity index (χ1v) is 8.01. The molecule has 2 aliphatic heterocycles. The molecule has 2 aliphatic rings. The van der Waals surface area contributed by atoms with E-state index >= 15 is 0 Å². The number of phenols is 1. The highest BCUT2D eigenvalue weighted by atomic mass is 16.5. The minimum Gasteiger partial charge on any atom is -0.504 e. The minimum absolute atomic E-state index is 0.235. The van der Waals surface area contributed by atoms with Crippen molar-refractivity contribution in [1.29, 1.82) is 0 Å². The lowest BCUT2D eigenvalue weighted by Crippen LogP contribution is -2.58. The van der Waals surface area contributed by atoms with Crippen LogP contribution in [0.3, 0.4) is 0 Å². The number of piperazine rings is 1. The van der Waals surface area contributed by atoms with Gasteiger partial charge in [0.2, 0.25) is 0 Å². The van der Waals surface area contributed by atoms with Gasteiger partial charge in [-0.3, -0.25) is 9.80 Å². The highest BCUT2D eigenvalue weighted by Crippen LogP contribution is 2.29. The molecule has 21 heavy (non-hydrogen) atoms. The van der Waals surface area contributed by atoms with Crippen LogP contribution >= 0.6 is 0 Å². The van der Waals surface area contributed by atoms with Gasteiger partial charge in [0.05, 0.1) is 7.11 Å². The molecule has 1 aromatic rings. The van der Waals surface area contributed by atoms with Crippen LogP contribution in [-0.2, 0) is 6.54 Å². The summed E-state index contributed by atoms with van der Waals surface area (Å²) in [6, 6.07) is 7.04. The summed E-state index contributed by atoms with van der Waals surface area (Å²) in [6.45, 7) is 6.81. The molecule has 1 N–H and O–H groups in total. The van der Waals surface area contributed by atoms with Crippen molar-refractivity contribution < 1.29 is 9.84 Å². The highest BCUT2D eigenvalue weighted by molar-refractivity contribution is 5.41. The lowest BCUT2D eigenvalue weighted by atomic mass is 9.96. The van der Waals surface area contributed by atoms with Crippen molar-refractivity contribution >= 4 is 0 Å². The Hall–Kier alpha value is -1.26. The van der Waals surface area contributed by atoms with Crippen LogP contribution in [0.4, 0.5) is 0 Å². The zero-order chi connectivity index (χ0) is 14.8. The number of methoxy groups -OCH3 is 1. The van der Waals surface area contributed by atoms with E-state index in [-0.39, 0.29) is 5.75 Å². The number of aromatic hydroxyl groups is 1. The fourth-order valence-corrected chi connectivity index (χ4v) is 3.70. The molecule has 0 aliphatic carbocycles. The Morgan fingerprint density at radius 1 is 1.29 bits per heavy atom. The number of rotatable bonds is 3. The average Bonchev–Trinajstić information content (AvgIpc) is 2.48. The van der Waals surface area contributed by atoms with Gasteiger partial charge in [0.25, 0.3) is 0 Å². The summed E-state index contributed by atoms with van der Waals surface area (Å²) in [4.78, 5) is 5.21. The average molecular weight is 290 g/mol. The molecular formula is C17H26N2O2. The molecule has 2 atom stereocenters. The Bertz CT molecular complexity index is 492. The molecule has 0 amide bonds. The van der Waals surface area contributed by atoms with Gasteiger partial charge in [-0.15, -0.1) is 0 Å². The van der Waals surface area contributed by atoms with Crippen LogP contribution in [0.5, 0.6) is 11.5 Å². The molecule has 2 fully saturated rings. The number of phenolic OH excluding ortho intramolecular Hbond substituents is 1. The zero-order valence-corrected chi connectivity index (χ0v) is 13.1. The lowest BCUT2D eigenvalue weighted by molar-refractivity contribution is 0.0110. The largest absolute Gasteiger partial charge is 0.504 e. The van der Waals surface area contributed by atoms with Gasteiger partial charge in [-0.25, -0.2) is 0 Å². The van der Waals surface area contributed by atoms with E-state index in [9.17, 15) is 5.11 Å². The van der Waals surface area contributed by atoms with Crippen LogP contribution < -0.4 is 4.74 Å². The molecule has 2 heterocycles. The van der Waals surface area contributed by atoms with Gasteiger partial charge in [0.15, 0.2) is 11.5 Å². The van der Waals surface area contributed by atoms with Gasteiger partial charge in [-0.1, -0.05) is 12.5 Å². The third-order valence-electron chi connectivity index (χ3n) is 4.95. The normalized spacial score (nSPS) is 27.3. The summed E-state index contributed by atoms with van der Waals surface area (Å²) < 4.78 is 5.11. The third kappa shape index (κ3) is 3.16. The summed E-state index contributed by atoms with van der Waals surface area (Å²) in [5.74, 6) is 0.780. The van der Waals surface area contributed by atoms with Crippen molar-refractivity contribution in [2.24, 2.45) is 0 Å². The fraction of sp³-hybridized carbons (Fsp3) is 0.647. The van der Waals surface area contributed by atoms with Crippen LogP contribution in [0, 0.1) is 0 Å². The number of hydrogen-bond acceptors (Lipinski definition) is 4. The first kappa shape index (κ1) is 14.7. The van der Waals surface area contributed by atoms with E-state index in [2.05, 4.69) is 22.8 Å². The molecular weight excluding hydrogens is 264 g/mol. The van der Waals surface area contributed by atoms with Crippen molar-refractivity contribution in [2.75, 3.05) is 26.7 Å². The second-order valence-electron chi connectivity index (χ2n) is 6.43. The molecule has 1 aromatic carbocycles. The number of ether oxygens (including phenoxy) is 1. The van der Waals surface area contributed by atoms with Gasteiger partial charge in [-0.2, -0.15) is 0 Å². The molecule has 0 aromatic heterocycles. The second-order valence-corrected chi connectivity index (χ2v) is 6.43. The number of nitrogens with zero attached hydrogens (tertiary/aromatic N) is 2. The first-order valence-electron chi connectivity index (χ1n) is 8.01. The van der Waals surface area contributed by atoms with E-state index in [1.165, 1.54) is 32.4 Å². The van der Waals surface area contributed by atoms with Crippen molar-refractivity contribution in [1.82, 2.24) is 9.80 Å². The summed E-state index contributed by atoms with van der Waals surface area (Å²) >= 11 is 0. The van der Waals surface area contributed by atoms with Crippen LogP contribution in [-0.4, -0.2) is 53.7 Å². The third-order valence-corrected chi connectivity index (χ3v) is 4.95. The SMILES string of the molecule is COc1ccc(CN2CC3CCCCN3CC2C)cc1O. The molecule has 2 saturated heterocycles. The predicted molar refractivity (Wildman–Crippen MR) is 83.7 cm³/mol. The van der Waals surface area contributed by atoms with E-state index in [1.807, 2.05) is 12.1 Å². The molecule has 0 saturated carbocycles. The minimum atomic E-state index is 0.235. The number of benzene rings is 1. The Morgan fingerprint density at radius 3 is 2.90 bits per heavy atom. The van der Waals surface area contributed by atoms with Crippen molar-refractivity contribution in [3.05, 3.63) is 23.8 Å². The Balaban J connectivity index is 1.67. The molecule has 0 spiro atoms. The van der Waals surface area contributed by atoms with Crippen LogP contribution in [0.1, 0.15) is 31.7 Å². The number of fused-ring (bicyclic) bond motifs is 1. The van der Waals surface area contributed by atoms with Gasteiger partial charge < -0.3 is 9.84 Å². The summed E-state index contributed by atoms with van der Waals surface area (Å²) in [5, 5.41) is 9.92. The zero-order valence-electron chi connectivity index (χ0n) is 13.1. The van der Waals surface area contributed by atoms with Gasteiger partial charge in [-0.05, 0) is 44.0 Å². The molecule has 116 valence electrons. The van der Waals surface area contributed by atoms with Gasteiger partial charge in [0, 0.05) is 31.7 Å². The maximum atomic E-state index is 9.92. The van der Waals surface area contributed by atoms with E-state index in [0.717, 1.165) is 24.7 Å². The highest BCUT2D eigenvalue weighted by Gasteiger charge is 2.32. The Labute approximate surface area is 127 Å². The molecule has 0 radical (unpaired) electrons. The first-order chi connectivity index (χ1) is 10.2. The molecule has 4 nitrogen and oxygen atoms in total. The smallest absolute Gasteiger partial charge is 0.160 e. The maximum absolute atomic E-state index is 9.92. The van der Waals surface area contributed by atoms with E-state index in [0.29, 0.717) is 11.8 Å². The van der Waals surface area contributed by atoms with Gasteiger partial charge in [0.1, 0.15) is 0 Å². The number of hydrogen-bond donors (Lipinski definition) is 1. The standard InChI is InChI=1S/C17H26N2O2/c1-13-10-18-8-4-3-5-15(18)12-19(13)11-14-6-7-17(21-2)16(20)9-14/h6-7,9,13,15,20H,3-5,8,10-12H2,1-2H3. The van der Waals surface area contributed by atoms with Crippen molar-refractivity contribution in [2.45, 2.75) is 44.8 Å². The Morgan fingerprint density at radius 2 is 2.14 bits per heavy atom.